The van der Waals surface area contributed by atoms with Gasteiger partial charge in [-0.15, -0.1) is 0 Å². The summed E-state index contributed by atoms with van der Waals surface area (Å²) in [4.78, 5) is 2.26. The number of nitrogens with zero attached hydrogens (tertiary/aromatic N) is 1. The summed E-state index contributed by atoms with van der Waals surface area (Å²) in [6.45, 7) is 4.65. The molecule has 0 aliphatic carbocycles. The maximum atomic E-state index is 13.5. The topological polar surface area (TPSA) is 15.3 Å². The van der Waals surface area contributed by atoms with E-state index in [4.69, 9.17) is 11.6 Å². The lowest BCUT2D eigenvalue weighted by Gasteiger charge is -2.19. The van der Waals surface area contributed by atoms with Crippen LogP contribution in [0, 0.1) is 5.82 Å². The fraction of sp³-hybridized carbons (Fsp3) is 0.500. The molecule has 16 heavy (non-hydrogen) atoms. The summed E-state index contributed by atoms with van der Waals surface area (Å²) >= 11 is 5.87. The molecule has 1 heterocycles. The van der Waals surface area contributed by atoms with Gasteiger partial charge in [-0.1, -0.05) is 11.6 Å². The molecular weight excluding hydrogens is 227 g/mol. The van der Waals surface area contributed by atoms with E-state index in [2.05, 4.69) is 10.2 Å². The first-order chi connectivity index (χ1) is 7.75. The summed E-state index contributed by atoms with van der Waals surface area (Å²) in [5.74, 6) is -0.165. The highest BCUT2D eigenvalue weighted by atomic mass is 35.5. The Kier molecular flexibility index (Phi) is 4.16. The van der Waals surface area contributed by atoms with E-state index in [0.29, 0.717) is 17.1 Å². The Balaban J connectivity index is 2.04. The quantitative estimate of drug-likeness (QED) is 0.856. The summed E-state index contributed by atoms with van der Waals surface area (Å²) in [5.41, 5.74) is 0.689. The predicted octanol–water partition coefficient (Wildman–Crippen LogP) is 2.27. The highest BCUT2D eigenvalue weighted by Gasteiger charge is 2.11. The minimum absolute atomic E-state index is 0.165. The van der Waals surface area contributed by atoms with Gasteiger partial charge in [0.25, 0.3) is 0 Å². The Morgan fingerprint density at radius 1 is 1.31 bits per heavy atom. The smallest absolute Gasteiger partial charge is 0.127 e. The van der Waals surface area contributed by atoms with Crippen LogP contribution in [0.15, 0.2) is 18.2 Å². The molecule has 0 radical (unpaired) electrons. The van der Waals surface area contributed by atoms with Gasteiger partial charge in [0.1, 0.15) is 5.82 Å². The Labute approximate surface area is 100 Å². The van der Waals surface area contributed by atoms with Crippen LogP contribution < -0.4 is 5.32 Å². The molecule has 1 aliphatic heterocycles. The second-order valence-corrected chi connectivity index (χ2v) is 4.55. The zero-order valence-electron chi connectivity index (χ0n) is 9.18. The van der Waals surface area contributed by atoms with Gasteiger partial charge in [0.05, 0.1) is 0 Å². The van der Waals surface area contributed by atoms with Gasteiger partial charge in [0.15, 0.2) is 0 Å². The molecule has 1 fully saturated rings. The lowest BCUT2D eigenvalue weighted by Crippen LogP contribution is -2.28. The molecule has 0 spiro atoms. The van der Waals surface area contributed by atoms with E-state index in [9.17, 15) is 4.39 Å². The molecule has 4 heteroatoms. The minimum Gasteiger partial charge on any atom is -0.315 e. The Morgan fingerprint density at radius 3 is 3.06 bits per heavy atom. The summed E-state index contributed by atoms with van der Waals surface area (Å²) in [6, 6.07) is 4.74. The van der Waals surface area contributed by atoms with Gasteiger partial charge in [0, 0.05) is 30.2 Å². The second-order valence-electron chi connectivity index (χ2n) is 4.12. The zero-order valence-corrected chi connectivity index (χ0v) is 9.93. The van der Waals surface area contributed by atoms with Crippen LogP contribution in [0.2, 0.25) is 5.02 Å². The molecule has 1 aliphatic rings. The van der Waals surface area contributed by atoms with Crippen LogP contribution >= 0.6 is 11.6 Å². The molecular formula is C12H16ClFN2. The van der Waals surface area contributed by atoms with Crippen molar-refractivity contribution in [2.75, 3.05) is 26.2 Å². The highest BCUT2D eigenvalue weighted by Crippen LogP contribution is 2.16. The molecule has 2 nitrogen and oxygen atoms in total. The maximum absolute atomic E-state index is 13.5. The van der Waals surface area contributed by atoms with Gasteiger partial charge < -0.3 is 5.32 Å². The Bertz CT molecular complexity index is 349. The number of benzene rings is 1. The fourth-order valence-corrected chi connectivity index (χ4v) is 2.16. The van der Waals surface area contributed by atoms with E-state index < -0.39 is 0 Å². The SMILES string of the molecule is Fc1ccc(Cl)cc1CN1CCCNCC1. The van der Waals surface area contributed by atoms with Crippen LogP contribution in [0.3, 0.4) is 0 Å². The van der Waals surface area contributed by atoms with E-state index in [-0.39, 0.29) is 5.82 Å². The highest BCUT2D eigenvalue weighted by molar-refractivity contribution is 6.30. The van der Waals surface area contributed by atoms with Crippen molar-refractivity contribution in [3.8, 4) is 0 Å². The van der Waals surface area contributed by atoms with Crippen LogP contribution in [0.4, 0.5) is 4.39 Å². The Morgan fingerprint density at radius 2 is 2.19 bits per heavy atom. The predicted molar refractivity (Wildman–Crippen MR) is 64.2 cm³/mol. The van der Waals surface area contributed by atoms with Gasteiger partial charge in [-0.2, -0.15) is 0 Å². The molecule has 1 aromatic rings. The van der Waals surface area contributed by atoms with Crippen molar-refractivity contribution < 1.29 is 4.39 Å². The van der Waals surface area contributed by atoms with Crippen molar-refractivity contribution in [3.63, 3.8) is 0 Å². The summed E-state index contributed by atoms with van der Waals surface area (Å²) < 4.78 is 13.5. The molecule has 1 N–H and O–H groups in total. The van der Waals surface area contributed by atoms with Crippen LogP contribution in [0.1, 0.15) is 12.0 Å². The normalized spacial score (nSPS) is 18.4. The van der Waals surface area contributed by atoms with E-state index in [1.807, 2.05) is 0 Å². The fourth-order valence-electron chi connectivity index (χ4n) is 1.97. The van der Waals surface area contributed by atoms with E-state index in [1.54, 1.807) is 12.1 Å². The van der Waals surface area contributed by atoms with Gasteiger partial charge in [-0.25, -0.2) is 4.39 Å². The van der Waals surface area contributed by atoms with E-state index >= 15 is 0 Å². The van der Waals surface area contributed by atoms with Gasteiger partial charge in [-0.05, 0) is 37.7 Å². The van der Waals surface area contributed by atoms with Crippen molar-refractivity contribution in [1.82, 2.24) is 10.2 Å². The lowest BCUT2D eigenvalue weighted by atomic mass is 10.2. The van der Waals surface area contributed by atoms with Crippen molar-refractivity contribution >= 4 is 11.6 Å². The molecule has 0 aromatic heterocycles. The van der Waals surface area contributed by atoms with Crippen LogP contribution in [-0.4, -0.2) is 31.1 Å². The first-order valence-corrected chi connectivity index (χ1v) is 6.00. The summed E-state index contributed by atoms with van der Waals surface area (Å²) in [7, 11) is 0. The average molecular weight is 243 g/mol. The first-order valence-electron chi connectivity index (χ1n) is 5.63. The largest absolute Gasteiger partial charge is 0.315 e. The molecule has 1 saturated heterocycles. The second kappa shape index (κ2) is 5.62. The molecule has 0 bridgehead atoms. The van der Waals surface area contributed by atoms with E-state index in [0.717, 1.165) is 32.6 Å². The molecule has 0 unspecified atom stereocenters. The molecule has 0 atom stereocenters. The average Bonchev–Trinajstić information content (AvgIpc) is 2.52. The van der Waals surface area contributed by atoms with Crippen molar-refractivity contribution in [1.29, 1.82) is 0 Å². The van der Waals surface area contributed by atoms with Crippen LogP contribution in [-0.2, 0) is 6.54 Å². The lowest BCUT2D eigenvalue weighted by molar-refractivity contribution is 0.280. The molecule has 0 amide bonds. The third-order valence-electron chi connectivity index (χ3n) is 2.83. The Hall–Kier alpha value is -0.640. The zero-order chi connectivity index (χ0) is 11.4. The van der Waals surface area contributed by atoms with Crippen molar-refractivity contribution in [3.05, 3.63) is 34.6 Å². The standard InChI is InChI=1S/C12H16ClFN2/c13-11-2-3-12(14)10(8-11)9-16-6-1-4-15-5-7-16/h2-3,8,15H,1,4-7,9H2. The van der Waals surface area contributed by atoms with Gasteiger partial charge >= 0.3 is 0 Å². The monoisotopic (exact) mass is 242 g/mol. The number of hydrogen-bond acceptors (Lipinski definition) is 2. The minimum atomic E-state index is -0.165. The third-order valence-corrected chi connectivity index (χ3v) is 3.07. The van der Waals surface area contributed by atoms with E-state index in [1.165, 1.54) is 6.07 Å². The van der Waals surface area contributed by atoms with Crippen molar-refractivity contribution in [2.45, 2.75) is 13.0 Å². The first kappa shape index (κ1) is 11.8. The third kappa shape index (κ3) is 3.17. The maximum Gasteiger partial charge on any atom is 0.127 e. The summed E-state index contributed by atoms with van der Waals surface area (Å²) in [5, 5.41) is 3.93. The number of rotatable bonds is 2. The molecule has 1 aromatic carbocycles. The number of nitrogens with one attached hydrogen (secondary N) is 1. The molecule has 0 saturated carbocycles. The van der Waals surface area contributed by atoms with Crippen molar-refractivity contribution in [2.24, 2.45) is 0 Å². The number of hydrogen-bond donors (Lipinski definition) is 1. The summed E-state index contributed by atoms with van der Waals surface area (Å²) in [6.07, 6.45) is 1.11. The van der Waals surface area contributed by atoms with Crippen LogP contribution in [0.5, 0.6) is 0 Å². The van der Waals surface area contributed by atoms with Gasteiger partial charge in [-0.3, -0.25) is 4.90 Å². The van der Waals surface area contributed by atoms with Crippen LogP contribution in [0.25, 0.3) is 0 Å². The molecule has 88 valence electrons. The molecule has 2 rings (SSSR count). The number of halogens is 2. The van der Waals surface area contributed by atoms with Gasteiger partial charge in [0.2, 0.25) is 0 Å².